The summed E-state index contributed by atoms with van der Waals surface area (Å²) in [4.78, 5) is 21.9. The molecule has 3 fully saturated rings. The average Bonchev–Trinajstić information content (AvgIpc) is 3.26. The number of likely N-dealkylation sites (tertiary alicyclic amines) is 1. The summed E-state index contributed by atoms with van der Waals surface area (Å²) in [7, 11) is 0. The summed E-state index contributed by atoms with van der Waals surface area (Å²) in [5.74, 6) is 0.920. The highest BCUT2D eigenvalue weighted by Crippen LogP contribution is 2.48. The Hall–Kier alpha value is -1.46. The van der Waals surface area contributed by atoms with Crippen molar-refractivity contribution in [1.82, 2.24) is 14.8 Å². The second kappa shape index (κ2) is 7.04. The molecule has 25 heavy (non-hydrogen) atoms. The van der Waals surface area contributed by atoms with Crippen molar-refractivity contribution in [3.8, 4) is 0 Å². The number of morpholine rings is 1. The molecule has 5 nitrogen and oxygen atoms in total. The lowest BCUT2D eigenvalue weighted by Gasteiger charge is -2.38. The fourth-order valence-corrected chi connectivity index (χ4v) is 4.69. The van der Waals surface area contributed by atoms with Crippen LogP contribution in [-0.2, 0) is 9.53 Å². The molecule has 0 spiro atoms. The zero-order valence-corrected chi connectivity index (χ0v) is 15.3. The van der Waals surface area contributed by atoms with E-state index in [0.717, 1.165) is 45.4 Å². The van der Waals surface area contributed by atoms with Gasteiger partial charge in [-0.15, -0.1) is 0 Å². The Morgan fingerprint density at radius 2 is 2.12 bits per heavy atom. The highest BCUT2D eigenvalue weighted by Gasteiger charge is 2.47. The Morgan fingerprint density at radius 3 is 2.84 bits per heavy atom. The molecule has 2 aliphatic heterocycles. The molecule has 3 heterocycles. The van der Waals surface area contributed by atoms with Crippen LogP contribution in [0.2, 0.25) is 0 Å². The molecule has 5 unspecified atom stereocenters. The molecule has 0 aromatic carbocycles. The van der Waals surface area contributed by atoms with Crippen LogP contribution >= 0.6 is 0 Å². The summed E-state index contributed by atoms with van der Waals surface area (Å²) in [6, 6.07) is 4.44. The van der Waals surface area contributed by atoms with Gasteiger partial charge >= 0.3 is 0 Å². The summed E-state index contributed by atoms with van der Waals surface area (Å²) in [5.41, 5.74) is 1.22. The highest BCUT2D eigenvalue weighted by atomic mass is 16.5. The number of amides is 1. The Kier molecular flexibility index (Phi) is 4.78. The van der Waals surface area contributed by atoms with Crippen LogP contribution in [-0.4, -0.2) is 65.1 Å². The van der Waals surface area contributed by atoms with Crippen molar-refractivity contribution in [2.24, 2.45) is 5.92 Å². The van der Waals surface area contributed by atoms with E-state index in [4.69, 9.17) is 4.74 Å². The number of aromatic nitrogens is 1. The van der Waals surface area contributed by atoms with Gasteiger partial charge < -0.3 is 9.64 Å². The quantitative estimate of drug-likeness (QED) is 0.841. The van der Waals surface area contributed by atoms with Crippen molar-refractivity contribution in [2.75, 3.05) is 26.2 Å². The smallest absolute Gasteiger partial charge is 0.226 e. The first-order valence-corrected chi connectivity index (χ1v) is 9.70. The predicted octanol–water partition coefficient (Wildman–Crippen LogP) is 2.29. The van der Waals surface area contributed by atoms with Gasteiger partial charge in [0.1, 0.15) is 0 Å². The maximum Gasteiger partial charge on any atom is 0.226 e. The van der Waals surface area contributed by atoms with Crippen molar-refractivity contribution < 1.29 is 9.53 Å². The van der Waals surface area contributed by atoms with Gasteiger partial charge in [-0.3, -0.25) is 14.7 Å². The summed E-state index contributed by atoms with van der Waals surface area (Å²) in [5, 5.41) is 0. The van der Waals surface area contributed by atoms with Gasteiger partial charge in [-0.05, 0) is 50.7 Å². The van der Waals surface area contributed by atoms with E-state index in [1.807, 2.05) is 12.3 Å². The molecular formula is C20H29N3O2. The van der Waals surface area contributed by atoms with Gasteiger partial charge in [0.05, 0.1) is 12.2 Å². The van der Waals surface area contributed by atoms with Crippen LogP contribution in [0.1, 0.15) is 44.6 Å². The van der Waals surface area contributed by atoms with Gasteiger partial charge in [0.15, 0.2) is 0 Å². The molecule has 5 heteroatoms. The minimum atomic E-state index is 0.173. The average molecular weight is 343 g/mol. The van der Waals surface area contributed by atoms with Crippen LogP contribution in [0.3, 0.4) is 0 Å². The lowest BCUT2D eigenvalue weighted by Crippen LogP contribution is -2.51. The van der Waals surface area contributed by atoms with Gasteiger partial charge in [0.2, 0.25) is 5.91 Å². The Morgan fingerprint density at radius 1 is 1.32 bits per heavy atom. The Bertz CT molecular complexity index is 598. The van der Waals surface area contributed by atoms with Crippen LogP contribution < -0.4 is 0 Å². The van der Waals surface area contributed by atoms with Gasteiger partial charge in [-0.1, -0.05) is 6.07 Å². The molecule has 1 amide bonds. The zero-order valence-electron chi connectivity index (χ0n) is 15.3. The molecule has 0 N–H and O–H groups in total. The minimum absolute atomic E-state index is 0.173. The fourth-order valence-electron chi connectivity index (χ4n) is 4.69. The highest BCUT2D eigenvalue weighted by molar-refractivity contribution is 5.83. The maximum atomic E-state index is 13.0. The van der Waals surface area contributed by atoms with Gasteiger partial charge in [-0.25, -0.2) is 0 Å². The van der Waals surface area contributed by atoms with E-state index in [1.165, 1.54) is 5.56 Å². The second-order valence-electron chi connectivity index (χ2n) is 8.04. The molecular weight excluding hydrogens is 314 g/mol. The van der Waals surface area contributed by atoms with Crippen molar-refractivity contribution in [2.45, 2.75) is 57.3 Å². The van der Waals surface area contributed by atoms with Crippen molar-refractivity contribution in [1.29, 1.82) is 0 Å². The SMILES string of the molecule is CC1CN(CC2CCCN2C(=O)C2CC2c2cccnc2)CC(C)O1. The standard InChI is InChI=1S/C20H29N3O2/c1-14-11-22(12-15(2)25-14)13-17-6-4-8-23(17)20(24)19-9-18(19)16-5-3-7-21-10-16/h3,5,7,10,14-15,17-19H,4,6,8-9,11-13H2,1-2H3. The summed E-state index contributed by atoms with van der Waals surface area (Å²) < 4.78 is 5.84. The first-order chi connectivity index (χ1) is 12.1. The van der Waals surface area contributed by atoms with Crippen molar-refractivity contribution >= 4 is 5.91 Å². The monoisotopic (exact) mass is 343 g/mol. The molecule has 0 radical (unpaired) electrons. The summed E-state index contributed by atoms with van der Waals surface area (Å²) >= 11 is 0. The molecule has 1 aliphatic carbocycles. The van der Waals surface area contributed by atoms with Crippen molar-refractivity contribution in [3.63, 3.8) is 0 Å². The van der Waals surface area contributed by atoms with Crippen LogP contribution in [0.5, 0.6) is 0 Å². The van der Waals surface area contributed by atoms with E-state index < -0.39 is 0 Å². The normalized spacial score (nSPS) is 35.8. The number of carbonyl (C=O) groups excluding carboxylic acids is 1. The van der Waals surface area contributed by atoms with Crippen LogP contribution in [0, 0.1) is 5.92 Å². The van der Waals surface area contributed by atoms with Gasteiger partial charge in [0.25, 0.3) is 0 Å². The molecule has 5 atom stereocenters. The number of nitrogens with zero attached hydrogens (tertiary/aromatic N) is 3. The second-order valence-corrected chi connectivity index (χ2v) is 8.04. The van der Waals surface area contributed by atoms with E-state index in [0.29, 0.717) is 17.9 Å². The zero-order chi connectivity index (χ0) is 17.4. The fraction of sp³-hybridized carbons (Fsp3) is 0.700. The van der Waals surface area contributed by atoms with Crippen molar-refractivity contribution in [3.05, 3.63) is 30.1 Å². The number of carbonyl (C=O) groups is 1. The molecule has 1 saturated carbocycles. The van der Waals surface area contributed by atoms with E-state index in [-0.39, 0.29) is 18.1 Å². The van der Waals surface area contributed by atoms with E-state index in [9.17, 15) is 4.79 Å². The molecule has 136 valence electrons. The number of pyridine rings is 1. The number of ether oxygens (including phenoxy) is 1. The third-order valence-electron chi connectivity index (χ3n) is 5.84. The maximum absolute atomic E-state index is 13.0. The Balaban J connectivity index is 1.36. The molecule has 0 bridgehead atoms. The van der Waals surface area contributed by atoms with E-state index in [1.54, 1.807) is 6.20 Å². The summed E-state index contributed by atoms with van der Waals surface area (Å²) in [6.07, 6.45) is 7.53. The predicted molar refractivity (Wildman–Crippen MR) is 96.3 cm³/mol. The first kappa shape index (κ1) is 17.0. The molecule has 3 aliphatic rings. The van der Waals surface area contributed by atoms with Gasteiger partial charge in [-0.2, -0.15) is 0 Å². The number of rotatable bonds is 4. The first-order valence-electron chi connectivity index (χ1n) is 9.70. The molecule has 1 aromatic rings. The lowest BCUT2D eigenvalue weighted by atomic mass is 10.1. The van der Waals surface area contributed by atoms with Crippen LogP contribution in [0.15, 0.2) is 24.5 Å². The number of hydrogen-bond acceptors (Lipinski definition) is 4. The number of hydrogen-bond donors (Lipinski definition) is 0. The van der Waals surface area contributed by atoms with Crippen LogP contribution in [0.25, 0.3) is 0 Å². The Labute approximate surface area is 150 Å². The largest absolute Gasteiger partial charge is 0.373 e. The minimum Gasteiger partial charge on any atom is -0.373 e. The van der Waals surface area contributed by atoms with E-state index in [2.05, 4.69) is 34.7 Å². The molecule has 2 saturated heterocycles. The third-order valence-corrected chi connectivity index (χ3v) is 5.84. The van der Waals surface area contributed by atoms with Crippen LogP contribution in [0.4, 0.5) is 0 Å². The molecule has 1 aromatic heterocycles. The molecule has 4 rings (SSSR count). The van der Waals surface area contributed by atoms with E-state index >= 15 is 0 Å². The lowest BCUT2D eigenvalue weighted by molar-refractivity contribution is -0.134. The third kappa shape index (κ3) is 3.72. The summed E-state index contributed by atoms with van der Waals surface area (Å²) in [6.45, 7) is 8.16. The van der Waals surface area contributed by atoms with Gasteiger partial charge in [0, 0.05) is 50.5 Å². The topological polar surface area (TPSA) is 45.7 Å².